The molecule has 0 aromatic carbocycles. The Hall–Kier alpha value is -2.12. The van der Waals surface area contributed by atoms with E-state index in [9.17, 15) is 13.2 Å². The molecular formula is C11H12F3N5. The molecule has 102 valence electrons. The van der Waals surface area contributed by atoms with Crippen molar-refractivity contribution >= 4 is 5.82 Å². The molecule has 0 bridgehead atoms. The van der Waals surface area contributed by atoms with Crippen molar-refractivity contribution in [2.24, 2.45) is 7.05 Å². The topological polar surface area (TPSA) is 55.6 Å². The highest BCUT2D eigenvalue weighted by Crippen LogP contribution is 2.28. The van der Waals surface area contributed by atoms with Gasteiger partial charge < -0.3 is 5.32 Å². The molecule has 2 aromatic heterocycles. The molecule has 2 heterocycles. The zero-order valence-electron chi connectivity index (χ0n) is 10.1. The van der Waals surface area contributed by atoms with Gasteiger partial charge in [0, 0.05) is 20.0 Å². The van der Waals surface area contributed by atoms with Gasteiger partial charge in [0.2, 0.25) is 0 Å². The van der Waals surface area contributed by atoms with E-state index in [1.807, 2.05) is 0 Å². The van der Waals surface area contributed by atoms with E-state index in [4.69, 9.17) is 0 Å². The summed E-state index contributed by atoms with van der Waals surface area (Å²) >= 11 is 0. The summed E-state index contributed by atoms with van der Waals surface area (Å²) in [4.78, 5) is 7.51. The third-order valence-corrected chi connectivity index (χ3v) is 2.34. The predicted molar refractivity (Wildman–Crippen MR) is 62.4 cm³/mol. The molecule has 1 N–H and O–H groups in total. The lowest BCUT2D eigenvalue weighted by Gasteiger charge is -2.08. The minimum atomic E-state index is -4.43. The second-order valence-corrected chi connectivity index (χ2v) is 3.92. The summed E-state index contributed by atoms with van der Waals surface area (Å²) in [6, 6.07) is 3.74. The summed E-state index contributed by atoms with van der Waals surface area (Å²) < 4.78 is 38.9. The number of aromatic nitrogens is 4. The number of aryl methyl sites for hydroxylation is 1. The van der Waals surface area contributed by atoms with Crippen molar-refractivity contribution in [3.63, 3.8) is 0 Å². The van der Waals surface area contributed by atoms with Gasteiger partial charge in [-0.3, -0.25) is 4.68 Å². The van der Waals surface area contributed by atoms with E-state index in [1.54, 1.807) is 18.1 Å². The number of halogens is 3. The summed E-state index contributed by atoms with van der Waals surface area (Å²) in [7, 11) is 1.75. The second-order valence-electron chi connectivity index (χ2n) is 3.92. The highest BCUT2D eigenvalue weighted by Gasteiger charge is 2.32. The van der Waals surface area contributed by atoms with Crippen LogP contribution in [-0.2, 0) is 19.6 Å². The summed E-state index contributed by atoms with van der Waals surface area (Å²) in [6.45, 7) is 0.415. The van der Waals surface area contributed by atoms with Gasteiger partial charge in [-0.05, 0) is 12.1 Å². The smallest absolute Gasteiger partial charge is 0.370 e. The maximum absolute atomic E-state index is 12.4. The highest BCUT2D eigenvalue weighted by molar-refractivity contribution is 5.35. The van der Waals surface area contributed by atoms with E-state index in [0.29, 0.717) is 18.8 Å². The van der Waals surface area contributed by atoms with Crippen molar-refractivity contribution in [2.75, 3.05) is 11.9 Å². The minimum absolute atomic E-state index is 0.186. The molecule has 8 heteroatoms. The Morgan fingerprint density at radius 1 is 1.32 bits per heavy atom. The van der Waals surface area contributed by atoms with E-state index in [-0.39, 0.29) is 5.82 Å². The molecule has 0 aliphatic rings. The van der Waals surface area contributed by atoms with E-state index < -0.39 is 11.9 Å². The van der Waals surface area contributed by atoms with E-state index >= 15 is 0 Å². The first kappa shape index (κ1) is 13.3. The molecule has 0 saturated heterocycles. The van der Waals surface area contributed by atoms with Crippen LogP contribution in [0.1, 0.15) is 11.5 Å². The van der Waals surface area contributed by atoms with Crippen LogP contribution in [0, 0.1) is 0 Å². The molecule has 0 aliphatic heterocycles. The molecule has 0 amide bonds. The molecule has 0 spiro atoms. The fraction of sp³-hybridized carbons (Fsp3) is 0.364. The zero-order chi connectivity index (χ0) is 13.9. The average molecular weight is 271 g/mol. The molecule has 0 fully saturated rings. The number of alkyl halides is 3. The fourth-order valence-electron chi connectivity index (χ4n) is 1.49. The van der Waals surface area contributed by atoms with Crippen molar-refractivity contribution in [1.29, 1.82) is 0 Å². The van der Waals surface area contributed by atoms with Crippen molar-refractivity contribution in [1.82, 2.24) is 19.7 Å². The summed E-state index contributed by atoms with van der Waals surface area (Å²) in [6.07, 6.45) is -2.35. The Labute approximate surface area is 107 Å². The fourth-order valence-corrected chi connectivity index (χ4v) is 1.49. The summed E-state index contributed by atoms with van der Waals surface area (Å²) in [5.41, 5.74) is -0.909. The van der Waals surface area contributed by atoms with E-state index in [0.717, 1.165) is 6.07 Å². The van der Waals surface area contributed by atoms with Crippen molar-refractivity contribution in [3.05, 3.63) is 36.0 Å². The molecule has 19 heavy (non-hydrogen) atoms. The number of pyridine rings is 1. The van der Waals surface area contributed by atoms with Crippen LogP contribution in [0.15, 0.2) is 24.5 Å². The lowest BCUT2D eigenvalue weighted by atomic mass is 10.3. The molecule has 0 radical (unpaired) electrons. The molecule has 0 unspecified atom stereocenters. The normalized spacial score (nSPS) is 11.6. The minimum Gasteiger partial charge on any atom is -0.370 e. The van der Waals surface area contributed by atoms with Crippen LogP contribution in [0.25, 0.3) is 0 Å². The molecular weight excluding hydrogens is 259 g/mol. The average Bonchev–Trinajstić information content (AvgIpc) is 2.74. The van der Waals surface area contributed by atoms with Gasteiger partial charge in [-0.15, -0.1) is 0 Å². The number of hydrogen-bond acceptors (Lipinski definition) is 4. The quantitative estimate of drug-likeness (QED) is 0.922. The number of hydrogen-bond donors (Lipinski definition) is 1. The standard InChI is InChI=1S/C11H12F3N5/c1-19-7-16-10(18-19)5-6-15-9-4-2-3-8(17-9)11(12,13)14/h2-4,7H,5-6H2,1H3,(H,15,17). The number of nitrogens with one attached hydrogen (secondary N) is 1. The van der Waals surface area contributed by atoms with Crippen molar-refractivity contribution in [3.8, 4) is 0 Å². The van der Waals surface area contributed by atoms with Gasteiger partial charge in [0.25, 0.3) is 0 Å². The summed E-state index contributed by atoms with van der Waals surface area (Å²) in [5.74, 6) is 0.813. The third kappa shape index (κ3) is 3.67. The van der Waals surface area contributed by atoms with Gasteiger partial charge >= 0.3 is 6.18 Å². The van der Waals surface area contributed by atoms with Crippen LogP contribution in [0.5, 0.6) is 0 Å². The van der Waals surface area contributed by atoms with E-state index in [1.165, 1.54) is 12.1 Å². The Balaban J connectivity index is 1.93. The Morgan fingerprint density at radius 3 is 2.74 bits per heavy atom. The van der Waals surface area contributed by atoms with Crippen LogP contribution >= 0.6 is 0 Å². The van der Waals surface area contributed by atoms with Gasteiger partial charge in [-0.1, -0.05) is 6.07 Å². The maximum atomic E-state index is 12.4. The second kappa shape index (κ2) is 5.25. The molecule has 5 nitrogen and oxygen atoms in total. The highest BCUT2D eigenvalue weighted by atomic mass is 19.4. The maximum Gasteiger partial charge on any atom is 0.433 e. The van der Waals surface area contributed by atoms with Gasteiger partial charge in [-0.25, -0.2) is 9.97 Å². The van der Waals surface area contributed by atoms with Gasteiger partial charge in [0.05, 0.1) is 0 Å². The lowest BCUT2D eigenvalue weighted by Crippen LogP contribution is -2.12. The number of nitrogens with zero attached hydrogens (tertiary/aromatic N) is 4. The monoisotopic (exact) mass is 271 g/mol. The number of rotatable bonds is 4. The third-order valence-electron chi connectivity index (χ3n) is 2.34. The van der Waals surface area contributed by atoms with Gasteiger partial charge in [0.15, 0.2) is 5.82 Å². The first-order valence-electron chi connectivity index (χ1n) is 5.58. The van der Waals surface area contributed by atoms with Crippen molar-refractivity contribution in [2.45, 2.75) is 12.6 Å². The molecule has 2 aromatic rings. The first-order valence-corrected chi connectivity index (χ1v) is 5.58. The summed E-state index contributed by atoms with van der Waals surface area (Å²) in [5, 5.41) is 6.88. The van der Waals surface area contributed by atoms with Crippen LogP contribution in [0.4, 0.5) is 19.0 Å². The molecule has 0 aliphatic carbocycles. The van der Waals surface area contributed by atoms with Crippen molar-refractivity contribution < 1.29 is 13.2 Å². The Kier molecular flexibility index (Phi) is 3.68. The first-order chi connectivity index (χ1) is 8.95. The number of anilines is 1. The predicted octanol–water partition coefficient (Wildman–Crippen LogP) is 1.88. The van der Waals surface area contributed by atoms with Crippen LogP contribution < -0.4 is 5.32 Å². The Morgan fingerprint density at radius 2 is 2.11 bits per heavy atom. The van der Waals surface area contributed by atoms with Gasteiger partial charge in [-0.2, -0.15) is 18.3 Å². The Bertz CT molecular complexity index is 549. The lowest BCUT2D eigenvalue weighted by molar-refractivity contribution is -0.141. The van der Waals surface area contributed by atoms with Crippen LogP contribution in [0.2, 0.25) is 0 Å². The van der Waals surface area contributed by atoms with E-state index in [2.05, 4.69) is 20.4 Å². The molecule has 0 saturated carbocycles. The molecule has 0 atom stereocenters. The van der Waals surface area contributed by atoms with Crippen LogP contribution in [-0.4, -0.2) is 26.3 Å². The zero-order valence-corrected chi connectivity index (χ0v) is 10.1. The van der Waals surface area contributed by atoms with Crippen LogP contribution in [0.3, 0.4) is 0 Å². The van der Waals surface area contributed by atoms with Gasteiger partial charge in [0.1, 0.15) is 17.8 Å². The SMILES string of the molecule is Cn1cnc(CCNc2cccc(C(F)(F)F)n2)n1. The molecule has 2 rings (SSSR count). The largest absolute Gasteiger partial charge is 0.433 e.